The van der Waals surface area contributed by atoms with Crippen molar-refractivity contribution < 1.29 is 13.2 Å². The first kappa shape index (κ1) is 23.0. The Morgan fingerprint density at radius 1 is 1.03 bits per heavy atom. The quantitative estimate of drug-likeness (QED) is 0.661. The highest BCUT2D eigenvalue weighted by atomic mass is 32.2. The van der Waals surface area contributed by atoms with E-state index in [9.17, 15) is 13.2 Å². The van der Waals surface area contributed by atoms with Gasteiger partial charge in [0.25, 0.3) is 5.91 Å². The van der Waals surface area contributed by atoms with E-state index in [4.69, 9.17) is 0 Å². The number of carbonyl (C=O) groups is 1. The van der Waals surface area contributed by atoms with Gasteiger partial charge in [-0.25, -0.2) is 13.4 Å². The summed E-state index contributed by atoms with van der Waals surface area (Å²) in [6.07, 6.45) is 8.73. The van der Waals surface area contributed by atoms with Crippen molar-refractivity contribution >= 4 is 15.9 Å². The zero-order valence-electron chi connectivity index (χ0n) is 19.1. The van der Waals surface area contributed by atoms with Crippen LogP contribution in [0.3, 0.4) is 0 Å². The number of aromatic nitrogens is 2. The molecular weight excluding hydrogens is 424 g/mol. The number of rotatable bonds is 6. The monoisotopic (exact) mass is 458 g/mol. The molecule has 32 heavy (non-hydrogen) atoms. The largest absolute Gasteiger partial charge is 0.339 e. The van der Waals surface area contributed by atoms with Gasteiger partial charge in [-0.3, -0.25) is 4.79 Å². The van der Waals surface area contributed by atoms with E-state index in [1.54, 1.807) is 28.6 Å². The summed E-state index contributed by atoms with van der Waals surface area (Å²) in [7, 11) is -3.47. The molecular formula is C24H34N4O3S. The Morgan fingerprint density at radius 3 is 2.31 bits per heavy atom. The molecule has 1 aromatic heterocycles. The molecule has 0 bridgehead atoms. The molecule has 2 aliphatic heterocycles. The fourth-order valence-electron chi connectivity index (χ4n) is 4.78. The smallest absolute Gasteiger partial charge is 0.253 e. The average molecular weight is 459 g/mol. The first-order valence-electron chi connectivity index (χ1n) is 11.8. The summed E-state index contributed by atoms with van der Waals surface area (Å²) < 4.78 is 29.5. The van der Waals surface area contributed by atoms with Crippen molar-refractivity contribution in [3.8, 4) is 0 Å². The van der Waals surface area contributed by atoms with E-state index in [-0.39, 0.29) is 10.8 Å². The van der Waals surface area contributed by atoms with Crippen LogP contribution in [-0.2, 0) is 16.6 Å². The Hall–Kier alpha value is -2.19. The first-order valence-corrected chi connectivity index (χ1v) is 13.2. The van der Waals surface area contributed by atoms with Crippen LogP contribution in [0.1, 0.15) is 68.1 Å². The highest BCUT2D eigenvalue weighted by Gasteiger charge is 2.27. The molecule has 2 aromatic rings. The molecule has 2 aliphatic rings. The van der Waals surface area contributed by atoms with Crippen LogP contribution >= 0.6 is 0 Å². The summed E-state index contributed by atoms with van der Waals surface area (Å²) in [5.41, 5.74) is 0.553. The van der Waals surface area contributed by atoms with Crippen LogP contribution in [0.4, 0.5) is 0 Å². The second-order valence-electron chi connectivity index (χ2n) is 9.32. The van der Waals surface area contributed by atoms with Crippen LogP contribution in [0.15, 0.2) is 41.6 Å². The Kier molecular flexibility index (Phi) is 7.00. The molecule has 7 nitrogen and oxygen atoms in total. The van der Waals surface area contributed by atoms with Gasteiger partial charge < -0.3 is 9.47 Å². The van der Waals surface area contributed by atoms with Gasteiger partial charge in [-0.15, -0.1) is 0 Å². The summed E-state index contributed by atoms with van der Waals surface area (Å²) in [4.78, 5) is 19.6. The standard InChI is InChI=1S/C24H34N4O3S/c1-19(2)23-25-12-17-27(23)18-20-10-15-26(16-11-20)24(29)21-6-8-22(9-7-21)32(30,31)28-13-4-3-5-14-28/h6-9,12,17,19-20H,3-5,10-11,13-16,18H2,1-2H3. The maximum Gasteiger partial charge on any atom is 0.253 e. The van der Waals surface area contributed by atoms with E-state index < -0.39 is 10.0 Å². The van der Waals surface area contributed by atoms with Gasteiger partial charge in [0.15, 0.2) is 0 Å². The Morgan fingerprint density at radius 2 is 1.69 bits per heavy atom. The van der Waals surface area contributed by atoms with E-state index >= 15 is 0 Å². The van der Waals surface area contributed by atoms with Gasteiger partial charge in [0, 0.05) is 56.6 Å². The number of carbonyl (C=O) groups excluding carboxylic acids is 1. The lowest BCUT2D eigenvalue weighted by atomic mass is 9.96. The van der Waals surface area contributed by atoms with Crippen molar-refractivity contribution in [2.45, 2.75) is 63.3 Å². The van der Waals surface area contributed by atoms with E-state index in [1.807, 2.05) is 17.3 Å². The number of imidazole rings is 1. The number of nitrogens with zero attached hydrogens (tertiary/aromatic N) is 4. The molecule has 0 aliphatic carbocycles. The zero-order chi connectivity index (χ0) is 22.7. The minimum Gasteiger partial charge on any atom is -0.339 e. The third-order valence-corrected chi connectivity index (χ3v) is 8.59. The minimum atomic E-state index is -3.47. The summed E-state index contributed by atoms with van der Waals surface area (Å²) in [6, 6.07) is 6.48. The topological polar surface area (TPSA) is 75.5 Å². The molecule has 0 N–H and O–H groups in total. The van der Waals surface area contributed by atoms with Crippen LogP contribution in [0.2, 0.25) is 0 Å². The molecule has 0 unspecified atom stereocenters. The highest BCUT2D eigenvalue weighted by molar-refractivity contribution is 7.89. The molecule has 4 rings (SSSR count). The zero-order valence-corrected chi connectivity index (χ0v) is 19.9. The lowest BCUT2D eigenvalue weighted by Crippen LogP contribution is -2.39. The van der Waals surface area contributed by atoms with Gasteiger partial charge in [-0.2, -0.15) is 4.31 Å². The van der Waals surface area contributed by atoms with Crippen molar-refractivity contribution in [1.29, 1.82) is 0 Å². The third kappa shape index (κ3) is 4.91. The molecule has 2 saturated heterocycles. The lowest BCUT2D eigenvalue weighted by molar-refractivity contribution is 0.0682. The highest BCUT2D eigenvalue weighted by Crippen LogP contribution is 2.24. The summed E-state index contributed by atoms with van der Waals surface area (Å²) in [5.74, 6) is 2.02. The molecule has 0 radical (unpaired) electrons. The van der Waals surface area contributed by atoms with Gasteiger partial charge in [0.2, 0.25) is 10.0 Å². The maximum absolute atomic E-state index is 13.0. The molecule has 174 valence electrons. The van der Waals surface area contributed by atoms with E-state index in [0.29, 0.717) is 30.5 Å². The van der Waals surface area contributed by atoms with Gasteiger partial charge in [-0.1, -0.05) is 20.3 Å². The normalized spacial score (nSPS) is 18.9. The SMILES string of the molecule is CC(C)c1nccn1CC1CCN(C(=O)c2ccc(S(=O)(=O)N3CCCCC3)cc2)CC1. The van der Waals surface area contributed by atoms with Gasteiger partial charge >= 0.3 is 0 Å². The summed E-state index contributed by atoms with van der Waals surface area (Å²) in [6.45, 7) is 7.86. The molecule has 0 spiro atoms. The molecule has 0 atom stereocenters. The number of hydrogen-bond acceptors (Lipinski definition) is 4. The fourth-order valence-corrected chi connectivity index (χ4v) is 6.30. The van der Waals surface area contributed by atoms with E-state index in [1.165, 1.54) is 0 Å². The molecule has 8 heteroatoms. The van der Waals surface area contributed by atoms with Gasteiger partial charge in [0.1, 0.15) is 5.82 Å². The fraction of sp³-hybridized carbons (Fsp3) is 0.583. The Balaban J connectivity index is 1.34. The van der Waals surface area contributed by atoms with Crippen LogP contribution in [-0.4, -0.2) is 59.3 Å². The van der Waals surface area contributed by atoms with Crippen LogP contribution in [0.25, 0.3) is 0 Å². The minimum absolute atomic E-state index is 0.0177. The number of amides is 1. The van der Waals surface area contributed by atoms with Crippen molar-refractivity contribution in [2.75, 3.05) is 26.2 Å². The van der Waals surface area contributed by atoms with Crippen LogP contribution in [0, 0.1) is 5.92 Å². The predicted octanol–water partition coefficient (Wildman–Crippen LogP) is 3.73. The van der Waals surface area contributed by atoms with Crippen LogP contribution < -0.4 is 0 Å². The van der Waals surface area contributed by atoms with Gasteiger partial charge in [-0.05, 0) is 55.9 Å². The number of hydrogen-bond donors (Lipinski definition) is 0. The maximum atomic E-state index is 13.0. The van der Waals surface area contributed by atoms with E-state index in [0.717, 1.165) is 57.6 Å². The Labute approximate surface area is 191 Å². The van der Waals surface area contributed by atoms with Crippen LogP contribution in [0.5, 0.6) is 0 Å². The first-order chi connectivity index (χ1) is 15.4. The lowest BCUT2D eigenvalue weighted by Gasteiger charge is -2.32. The second kappa shape index (κ2) is 9.75. The van der Waals surface area contributed by atoms with Crippen molar-refractivity contribution in [1.82, 2.24) is 18.8 Å². The van der Waals surface area contributed by atoms with Crippen molar-refractivity contribution in [2.24, 2.45) is 5.92 Å². The molecule has 2 fully saturated rings. The second-order valence-corrected chi connectivity index (χ2v) is 11.3. The van der Waals surface area contributed by atoms with Crippen molar-refractivity contribution in [3.63, 3.8) is 0 Å². The number of sulfonamides is 1. The van der Waals surface area contributed by atoms with Crippen molar-refractivity contribution in [3.05, 3.63) is 48.0 Å². The van der Waals surface area contributed by atoms with E-state index in [2.05, 4.69) is 23.4 Å². The summed E-state index contributed by atoms with van der Waals surface area (Å²) >= 11 is 0. The molecule has 1 aromatic carbocycles. The third-order valence-electron chi connectivity index (χ3n) is 6.67. The van der Waals surface area contributed by atoms with Gasteiger partial charge in [0.05, 0.1) is 4.90 Å². The average Bonchev–Trinajstić information content (AvgIpc) is 3.28. The summed E-state index contributed by atoms with van der Waals surface area (Å²) in [5, 5.41) is 0. The molecule has 3 heterocycles. The number of likely N-dealkylation sites (tertiary alicyclic amines) is 1. The molecule has 1 amide bonds. The number of piperidine rings is 2. The Bertz CT molecular complexity index is 1020. The molecule has 0 saturated carbocycles. The predicted molar refractivity (Wildman–Crippen MR) is 124 cm³/mol. The number of benzene rings is 1.